The van der Waals surface area contributed by atoms with Crippen molar-refractivity contribution >= 4 is 39.2 Å². The average molecular weight is 248 g/mol. The first-order chi connectivity index (χ1) is 8.15. The maximum atomic E-state index is 10.7. The molecule has 3 rings (SSSR count). The molecule has 0 bridgehead atoms. The molecule has 4 nitrogen and oxygen atoms in total. The Hall–Kier alpha value is -2.07. The molecule has 3 aromatic rings. The molecule has 0 radical (unpaired) electrons. The van der Waals surface area contributed by atoms with Crippen LogP contribution >= 0.6 is 11.6 Å². The molecule has 84 valence electrons. The van der Waals surface area contributed by atoms with Gasteiger partial charge in [0.05, 0.1) is 4.92 Å². The third kappa shape index (κ3) is 1.54. The lowest BCUT2D eigenvalue weighted by atomic mass is 10.1. The van der Waals surface area contributed by atoms with Gasteiger partial charge in [0.2, 0.25) is 0 Å². The maximum absolute atomic E-state index is 10.7. The van der Waals surface area contributed by atoms with E-state index >= 15 is 0 Å². The van der Waals surface area contributed by atoms with Gasteiger partial charge in [0.15, 0.2) is 0 Å². The maximum Gasteiger partial charge on any atom is 0.270 e. The van der Waals surface area contributed by atoms with E-state index in [0.29, 0.717) is 16.2 Å². The summed E-state index contributed by atoms with van der Waals surface area (Å²) >= 11 is 5.86. The van der Waals surface area contributed by atoms with Gasteiger partial charge in [0, 0.05) is 34.0 Å². The van der Waals surface area contributed by atoms with E-state index in [-0.39, 0.29) is 5.69 Å². The van der Waals surface area contributed by atoms with Gasteiger partial charge in [-0.15, -0.1) is 0 Å². The van der Waals surface area contributed by atoms with Crippen LogP contribution in [0.15, 0.2) is 40.8 Å². The molecule has 0 aliphatic rings. The zero-order chi connectivity index (χ0) is 12.0. The van der Waals surface area contributed by atoms with Crippen LogP contribution < -0.4 is 0 Å². The van der Waals surface area contributed by atoms with Crippen LogP contribution in [0.1, 0.15) is 0 Å². The largest absolute Gasteiger partial charge is 0.456 e. The molecule has 0 spiro atoms. The van der Waals surface area contributed by atoms with E-state index in [0.717, 1.165) is 10.8 Å². The lowest BCUT2D eigenvalue weighted by Gasteiger charge is -1.91. The van der Waals surface area contributed by atoms with Crippen molar-refractivity contribution in [3.8, 4) is 0 Å². The highest BCUT2D eigenvalue weighted by Crippen LogP contribution is 2.32. The SMILES string of the molecule is O=[N+]([O-])c1ccc2oc3cc(Cl)ccc3c2c1. The Labute approximate surface area is 101 Å². The number of non-ortho nitro benzene ring substituents is 1. The fourth-order valence-corrected chi connectivity index (χ4v) is 2.01. The Morgan fingerprint density at radius 1 is 1.06 bits per heavy atom. The van der Waals surface area contributed by atoms with Crippen LogP contribution in [0.5, 0.6) is 0 Å². The highest BCUT2D eigenvalue weighted by Gasteiger charge is 2.12. The summed E-state index contributed by atoms with van der Waals surface area (Å²) in [7, 11) is 0. The predicted molar refractivity (Wildman–Crippen MR) is 65.4 cm³/mol. The van der Waals surface area contributed by atoms with E-state index in [9.17, 15) is 10.1 Å². The van der Waals surface area contributed by atoms with Crippen LogP contribution in [0.2, 0.25) is 5.02 Å². The minimum Gasteiger partial charge on any atom is -0.456 e. The van der Waals surface area contributed by atoms with Crippen molar-refractivity contribution in [2.75, 3.05) is 0 Å². The quantitative estimate of drug-likeness (QED) is 0.479. The number of halogens is 1. The lowest BCUT2D eigenvalue weighted by molar-refractivity contribution is -0.384. The first-order valence-corrected chi connectivity index (χ1v) is 5.29. The Kier molecular flexibility index (Phi) is 2.06. The van der Waals surface area contributed by atoms with Crippen LogP contribution in [0.3, 0.4) is 0 Å². The molecule has 2 aromatic carbocycles. The minimum absolute atomic E-state index is 0.0511. The standard InChI is InChI=1S/C12H6ClNO3/c13-7-1-3-9-10-6-8(14(15)16)2-4-11(10)17-12(9)5-7/h1-6H. The van der Waals surface area contributed by atoms with E-state index in [4.69, 9.17) is 16.0 Å². The first kappa shape index (κ1) is 10.1. The second-order valence-corrected chi connectivity index (χ2v) is 4.12. The van der Waals surface area contributed by atoms with Gasteiger partial charge in [0.1, 0.15) is 11.2 Å². The number of hydrogen-bond donors (Lipinski definition) is 0. The fraction of sp³-hybridized carbons (Fsp3) is 0. The van der Waals surface area contributed by atoms with Crippen molar-refractivity contribution in [1.82, 2.24) is 0 Å². The molecule has 17 heavy (non-hydrogen) atoms. The molecule has 0 amide bonds. The van der Waals surface area contributed by atoms with Crippen molar-refractivity contribution < 1.29 is 9.34 Å². The molecule has 5 heteroatoms. The number of hydrogen-bond acceptors (Lipinski definition) is 3. The van der Waals surface area contributed by atoms with Crippen LogP contribution in [0, 0.1) is 10.1 Å². The molecule has 0 saturated carbocycles. The van der Waals surface area contributed by atoms with E-state index < -0.39 is 4.92 Å². The van der Waals surface area contributed by atoms with E-state index in [1.807, 2.05) is 0 Å². The van der Waals surface area contributed by atoms with Gasteiger partial charge < -0.3 is 4.42 Å². The summed E-state index contributed by atoms with van der Waals surface area (Å²) in [5.74, 6) is 0. The predicted octanol–water partition coefficient (Wildman–Crippen LogP) is 4.15. The topological polar surface area (TPSA) is 56.3 Å². The molecule has 1 aromatic heterocycles. The number of benzene rings is 2. The van der Waals surface area contributed by atoms with Crippen molar-refractivity contribution in [2.45, 2.75) is 0 Å². The molecular formula is C12H6ClNO3. The van der Waals surface area contributed by atoms with Gasteiger partial charge in [0.25, 0.3) is 5.69 Å². The summed E-state index contributed by atoms with van der Waals surface area (Å²) in [5, 5.41) is 12.8. The van der Waals surface area contributed by atoms with E-state index in [2.05, 4.69) is 0 Å². The first-order valence-electron chi connectivity index (χ1n) is 4.91. The molecule has 1 heterocycles. The highest BCUT2D eigenvalue weighted by molar-refractivity contribution is 6.31. The number of nitro benzene ring substituents is 1. The summed E-state index contributed by atoms with van der Waals surface area (Å²) in [4.78, 5) is 10.3. The molecule has 0 aliphatic carbocycles. The minimum atomic E-state index is -0.422. The van der Waals surface area contributed by atoms with Gasteiger partial charge >= 0.3 is 0 Å². The number of nitrogens with zero attached hydrogens (tertiary/aromatic N) is 1. The highest BCUT2D eigenvalue weighted by atomic mass is 35.5. The number of rotatable bonds is 1. The zero-order valence-electron chi connectivity index (χ0n) is 8.51. The van der Waals surface area contributed by atoms with Gasteiger partial charge in [-0.1, -0.05) is 11.6 Å². The summed E-state index contributed by atoms with van der Waals surface area (Å²) in [6.07, 6.45) is 0. The Morgan fingerprint density at radius 3 is 2.65 bits per heavy atom. The Morgan fingerprint density at radius 2 is 1.88 bits per heavy atom. The number of nitro groups is 1. The number of furan rings is 1. The molecule has 0 atom stereocenters. The molecule has 0 unspecified atom stereocenters. The van der Waals surface area contributed by atoms with Crippen LogP contribution in [0.4, 0.5) is 5.69 Å². The third-order valence-corrected chi connectivity index (χ3v) is 2.86. The van der Waals surface area contributed by atoms with Crippen molar-refractivity contribution in [2.24, 2.45) is 0 Å². The fourth-order valence-electron chi connectivity index (χ4n) is 1.85. The molecule has 0 N–H and O–H groups in total. The smallest absolute Gasteiger partial charge is 0.270 e. The monoisotopic (exact) mass is 247 g/mol. The Balaban J connectivity index is 2.41. The van der Waals surface area contributed by atoms with Gasteiger partial charge in [-0.05, 0) is 18.2 Å². The summed E-state index contributed by atoms with van der Waals surface area (Å²) in [6.45, 7) is 0. The van der Waals surface area contributed by atoms with Gasteiger partial charge in [-0.3, -0.25) is 10.1 Å². The van der Waals surface area contributed by atoms with Crippen LogP contribution in [0.25, 0.3) is 21.9 Å². The lowest BCUT2D eigenvalue weighted by Crippen LogP contribution is -1.86. The summed E-state index contributed by atoms with van der Waals surface area (Å²) in [5.41, 5.74) is 1.30. The summed E-state index contributed by atoms with van der Waals surface area (Å²) < 4.78 is 5.56. The van der Waals surface area contributed by atoms with Crippen LogP contribution in [-0.2, 0) is 0 Å². The van der Waals surface area contributed by atoms with E-state index in [1.54, 1.807) is 24.3 Å². The van der Waals surface area contributed by atoms with Crippen molar-refractivity contribution in [3.63, 3.8) is 0 Å². The van der Waals surface area contributed by atoms with Crippen molar-refractivity contribution in [3.05, 3.63) is 51.5 Å². The summed E-state index contributed by atoms with van der Waals surface area (Å²) in [6, 6.07) is 9.76. The molecule has 0 saturated heterocycles. The Bertz CT molecular complexity index is 748. The van der Waals surface area contributed by atoms with E-state index in [1.165, 1.54) is 12.1 Å². The second kappa shape index (κ2) is 3.46. The second-order valence-electron chi connectivity index (χ2n) is 3.68. The van der Waals surface area contributed by atoms with Crippen LogP contribution in [-0.4, -0.2) is 4.92 Å². The normalized spacial score (nSPS) is 11.1. The van der Waals surface area contributed by atoms with Crippen molar-refractivity contribution in [1.29, 1.82) is 0 Å². The zero-order valence-corrected chi connectivity index (χ0v) is 9.27. The van der Waals surface area contributed by atoms with Gasteiger partial charge in [-0.25, -0.2) is 0 Å². The molecule has 0 fully saturated rings. The molecule has 0 aliphatic heterocycles. The molecular weight excluding hydrogens is 242 g/mol. The average Bonchev–Trinajstić information content (AvgIpc) is 2.64. The third-order valence-electron chi connectivity index (χ3n) is 2.63. The van der Waals surface area contributed by atoms with Gasteiger partial charge in [-0.2, -0.15) is 0 Å². The number of fused-ring (bicyclic) bond motifs is 3.